The highest BCUT2D eigenvalue weighted by molar-refractivity contribution is 5.92. The van der Waals surface area contributed by atoms with Crippen molar-refractivity contribution in [3.63, 3.8) is 0 Å². The van der Waals surface area contributed by atoms with Crippen molar-refractivity contribution < 1.29 is 28.9 Å². The summed E-state index contributed by atoms with van der Waals surface area (Å²) in [6, 6.07) is 5.67. The number of fused-ring (bicyclic) bond motifs is 3. The minimum Gasteiger partial charge on any atom is -0.487 e. The fourth-order valence-electron chi connectivity index (χ4n) is 4.55. The number of amides is 2. The zero-order chi connectivity index (χ0) is 21.3. The van der Waals surface area contributed by atoms with Crippen molar-refractivity contribution in [2.24, 2.45) is 5.92 Å². The van der Waals surface area contributed by atoms with Crippen molar-refractivity contribution >= 4 is 17.5 Å². The fraction of sp³-hybridized carbons (Fsp3) is 0.636. The maximum atomic E-state index is 12.6. The Morgan fingerprint density at radius 1 is 1.23 bits per heavy atom. The first-order chi connectivity index (χ1) is 14.5. The first-order valence-corrected chi connectivity index (χ1v) is 10.6. The molecule has 3 aliphatic heterocycles. The molecule has 3 aliphatic rings. The number of carbonyl (C=O) groups excluding carboxylic acids is 2. The minimum absolute atomic E-state index is 0.00537. The van der Waals surface area contributed by atoms with Gasteiger partial charge in [0.05, 0.1) is 19.1 Å². The summed E-state index contributed by atoms with van der Waals surface area (Å²) >= 11 is 0. The molecule has 4 rings (SSSR count). The normalized spacial score (nSPS) is 28.2. The van der Waals surface area contributed by atoms with Gasteiger partial charge >= 0.3 is 0 Å². The molecule has 1 aromatic rings. The Kier molecular flexibility index (Phi) is 6.26. The number of nitrogens with zero attached hydrogens (tertiary/aromatic N) is 1. The lowest BCUT2D eigenvalue weighted by Gasteiger charge is -2.37. The Bertz CT molecular complexity index is 792. The first kappa shape index (κ1) is 21.1. The number of rotatable bonds is 5. The highest BCUT2D eigenvalue weighted by Crippen LogP contribution is 2.47. The average Bonchev–Trinajstić information content (AvgIpc) is 3.11. The van der Waals surface area contributed by atoms with Gasteiger partial charge in [0.2, 0.25) is 11.8 Å². The first-order valence-electron chi connectivity index (χ1n) is 10.6. The molecule has 0 spiro atoms. The second-order valence-corrected chi connectivity index (χ2v) is 8.52. The number of carbonyl (C=O) groups is 2. The van der Waals surface area contributed by atoms with Gasteiger partial charge in [0.15, 0.2) is 0 Å². The molecule has 2 amide bonds. The van der Waals surface area contributed by atoms with Crippen LogP contribution < -0.4 is 10.1 Å². The standard InChI is InChI=1S/C22H30N2O6/c1-24(2)20(26)11-15-10-17-16-9-14(23-22(27)13-5-7-28-8-6-13)3-4-18(16)30-21(17)19(12-25)29-15/h3-4,9,13,15,17,19,21,25H,5-8,10-12H2,1-2H3,(H,23,27)/t15-,17-,19-,21+/m1/s1. The maximum Gasteiger partial charge on any atom is 0.227 e. The van der Waals surface area contributed by atoms with Gasteiger partial charge in [-0.3, -0.25) is 9.59 Å². The lowest BCUT2D eigenvalue weighted by Crippen LogP contribution is -2.47. The molecule has 30 heavy (non-hydrogen) atoms. The van der Waals surface area contributed by atoms with Crippen LogP contribution in [0.3, 0.4) is 0 Å². The third-order valence-electron chi connectivity index (χ3n) is 6.26. The molecule has 1 aromatic carbocycles. The predicted octanol–water partition coefficient (Wildman–Crippen LogP) is 1.52. The van der Waals surface area contributed by atoms with E-state index in [-0.39, 0.29) is 48.9 Å². The molecule has 0 bridgehead atoms. The number of hydrogen-bond donors (Lipinski definition) is 2. The average molecular weight is 418 g/mol. The quantitative estimate of drug-likeness (QED) is 0.753. The second kappa shape index (κ2) is 8.91. The summed E-state index contributed by atoms with van der Waals surface area (Å²) in [5.74, 6) is 0.732. The van der Waals surface area contributed by atoms with Gasteiger partial charge in [-0.05, 0) is 37.5 Å². The Morgan fingerprint density at radius 3 is 2.70 bits per heavy atom. The van der Waals surface area contributed by atoms with E-state index in [9.17, 15) is 14.7 Å². The molecule has 164 valence electrons. The number of benzene rings is 1. The molecule has 2 saturated heterocycles. The van der Waals surface area contributed by atoms with Gasteiger partial charge in [-0.15, -0.1) is 0 Å². The van der Waals surface area contributed by atoms with Crippen molar-refractivity contribution in [1.82, 2.24) is 4.90 Å². The van der Waals surface area contributed by atoms with Crippen molar-refractivity contribution in [2.45, 2.75) is 49.9 Å². The smallest absolute Gasteiger partial charge is 0.227 e. The van der Waals surface area contributed by atoms with Crippen LogP contribution in [0.4, 0.5) is 5.69 Å². The summed E-state index contributed by atoms with van der Waals surface area (Å²) in [6.45, 7) is 1.07. The summed E-state index contributed by atoms with van der Waals surface area (Å²) in [6.07, 6.45) is 1.30. The SMILES string of the molecule is CN(C)C(=O)C[C@H]1C[C@@H]2c3cc(NC(=O)C4CCOCC4)ccc3O[C@@H]2[C@@H](CO)O1. The monoisotopic (exact) mass is 418 g/mol. The van der Waals surface area contributed by atoms with Crippen molar-refractivity contribution in [2.75, 3.05) is 39.2 Å². The van der Waals surface area contributed by atoms with Crippen LogP contribution in [0.2, 0.25) is 0 Å². The number of hydrogen-bond acceptors (Lipinski definition) is 6. The Labute approximate surface area is 176 Å². The zero-order valence-electron chi connectivity index (χ0n) is 17.5. The van der Waals surface area contributed by atoms with Crippen molar-refractivity contribution in [3.8, 4) is 5.75 Å². The van der Waals surface area contributed by atoms with Crippen LogP contribution >= 0.6 is 0 Å². The van der Waals surface area contributed by atoms with E-state index in [1.165, 1.54) is 0 Å². The number of ether oxygens (including phenoxy) is 3. The number of nitrogens with one attached hydrogen (secondary N) is 1. The summed E-state index contributed by atoms with van der Waals surface area (Å²) in [5.41, 5.74) is 1.73. The van der Waals surface area contributed by atoms with E-state index in [4.69, 9.17) is 14.2 Å². The fourth-order valence-corrected chi connectivity index (χ4v) is 4.55. The molecule has 2 fully saturated rings. The molecule has 0 radical (unpaired) electrons. The third kappa shape index (κ3) is 4.31. The van der Waals surface area contributed by atoms with Crippen LogP contribution in [0.25, 0.3) is 0 Å². The molecule has 0 aliphatic carbocycles. The van der Waals surface area contributed by atoms with E-state index in [1.807, 2.05) is 18.2 Å². The lowest BCUT2D eigenvalue weighted by molar-refractivity contribution is -0.147. The molecule has 8 nitrogen and oxygen atoms in total. The van der Waals surface area contributed by atoms with Crippen LogP contribution in [0.1, 0.15) is 37.2 Å². The predicted molar refractivity (Wildman–Crippen MR) is 109 cm³/mol. The lowest BCUT2D eigenvalue weighted by atomic mass is 9.84. The molecule has 0 unspecified atom stereocenters. The zero-order valence-corrected chi connectivity index (χ0v) is 17.5. The van der Waals surface area contributed by atoms with E-state index in [2.05, 4.69) is 5.32 Å². The van der Waals surface area contributed by atoms with E-state index < -0.39 is 6.10 Å². The van der Waals surface area contributed by atoms with Gasteiger partial charge in [-0.2, -0.15) is 0 Å². The maximum absolute atomic E-state index is 12.6. The topological polar surface area (TPSA) is 97.3 Å². The number of anilines is 1. The van der Waals surface area contributed by atoms with Gasteiger partial charge in [0.1, 0.15) is 18.0 Å². The molecular weight excluding hydrogens is 388 g/mol. The highest BCUT2D eigenvalue weighted by Gasteiger charge is 2.46. The van der Waals surface area contributed by atoms with Crippen LogP contribution in [-0.2, 0) is 19.1 Å². The van der Waals surface area contributed by atoms with Gasteiger partial charge in [0.25, 0.3) is 0 Å². The van der Waals surface area contributed by atoms with Crippen LogP contribution in [0.15, 0.2) is 18.2 Å². The summed E-state index contributed by atoms with van der Waals surface area (Å²) < 4.78 is 17.4. The molecule has 3 heterocycles. The largest absolute Gasteiger partial charge is 0.487 e. The Morgan fingerprint density at radius 2 is 2.00 bits per heavy atom. The molecule has 2 N–H and O–H groups in total. The molecule has 0 saturated carbocycles. The van der Waals surface area contributed by atoms with Gasteiger partial charge < -0.3 is 29.5 Å². The minimum atomic E-state index is -0.489. The van der Waals surface area contributed by atoms with Crippen LogP contribution in [0, 0.1) is 5.92 Å². The number of aliphatic hydroxyl groups is 1. The van der Waals surface area contributed by atoms with Crippen molar-refractivity contribution in [3.05, 3.63) is 23.8 Å². The molecule has 4 atom stereocenters. The molecular formula is C22H30N2O6. The van der Waals surface area contributed by atoms with Gasteiger partial charge in [0, 0.05) is 50.4 Å². The number of aliphatic hydroxyl groups excluding tert-OH is 1. The van der Waals surface area contributed by atoms with E-state index in [0.29, 0.717) is 19.6 Å². The molecule has 8 heteroatoms. The third-order valence-corrected chi connectivity index (χ3v) is 6.26. The van der Waals surface area contributed by atoms with E-state index in [0.717, 1.165) is 29.8 Å². The Balaban J connectivity index is 1.49. The van der Waals surface area contributed by atoms with E-state index in [1.54, 1.807) is 19.0 Å². The highest BCUT2D eigenvalue weighted by atomic mass is 16.6. The van der Waals surface area contributed by atoms with E-state index >= 15 is 0 Å². The molecule has 0 aromatic heterocycles. The summed E-state index contributed by atoms with van der Waals surface area (Å²) in [5, 5.41) is 12.9. The summed E-state index contributed by atoms with van der Waals surface area (Å²) in [4.78, 5) is 26.3. The second-order valence-electron chi connectivity index (χ2n) is 8.52. The Hall–Kier alpha value is -2.16. The van der Waals surface area contributed by atoms with Gasteiger partial charge in [-0.25, -0.2) is 0 Å². The summed E-state index contributed by atoms with van der Waals surface area (Å²) in [7, 11) is 3.44. The van der Waals surface area contributed by atoms with Crippen molar-refractivity contribution in [1.29, 1.82) is 0 Å². The van der Waals surface area contributed by atoms with Crippen LogP contribution in [0.5, 0.6) is 5.75 Å². The van der Waals surface area contributed by atoms with Gasteiger partial charge in [-0.1, -0.05) is 0 Å². The van der Waals surface area contributed by atoms with Crippen LogP contribution in [-0.4, -0.2) is 74.0 Å².